The highest BCUT2D eigenvalue weighted by atomic mass is 28.4. The Morgan fingerprint density at radius 1 is 1.07 bits per heavy atom. The molecule has 0 unspecified atom stereocenters. The average molecular weight is 626 g/mol. The molecule has 0 aliphatic carbocycles. The van der Waals surface area contributed by atoms with Gasteiger partial charge in [0.1, 0.15) is 6.07 Å². The smallest absolute Gasteiger partial charge is 0.416 e. The zero-order chi connectivity index (χ0) is 32.2. The zero-order valence-electron chi connectivity index (χ0n) is 26.4. The van der Waals surface area contributed by atoms with Crippen LogP contribution in [0, 0.1) is 11.3 Å². The number of anilines is 1. The number of rotatable bonds is 10. The number of aromatic nitrogens is 2. The number of nitrogens with zero attached hydrogens (tertiary/aromatic N) is 4. The number of pyridine rings is 2. The van der Waals surface area contributed by atoms with Crippen LogP contribution >= 0.6 is 0 Å². The lowest BCUT2D eigenvalue weighted by Crippen LogP contribution is -2.53. The van der Waals surface area contributed by atoms with Crippen LogP contribution in [0.5, 0.6) is 5.88 Å². The van der Waals surface area contributed by atoms with Crippen molar-refractivity contribution in [1.29, 1.82) is 5.26 Å². The summed E-state index contributed by atoms with van der Waals surface area (Å²) < 4.78 is 52.0. The molecule has 1 aromatic carbocycles. The van der Waals surface area contributed by atoms with Gasteiger partial charge in [-0.3, -0.25) is 4.98 Å². The van der Waals surface area contributed by atoms with Gasteiger partial charge in [0.25, 0.3) is 0 Å². The number of hydrogen-bond donors (Lipinski definition) is 1. The first-order chi connectivity index (χ1) is 20.7. The highest BCUT2D eigenvalue weighted by Gasteiger charge is 2.39. The molecule has 2 aromatic heterocycles. The van der Waals surface area contributed by atoms with Crippen molar-refractivity contribution in [2.24, 2.45) is 0 Å². The number of ether oxygens (including phenoxy) is 1. The third kappa shape index (κ3) is 7.42. The van der Waals surface area contributed by atoms with Gasteiger partial charge in [0.2, 0.25) is 5.88 Å². The molecule has 7 nitrogen and oxygen atoms in total. The van der Waals surface area contributed by atoms with Crippen LogP contribution in [0.1, 0.15) is 57.2 Å². The van der Waals surface area contributed by atoms with E-state index in [2.05, 4.69) is 50.2 Å². The molecule has 1 N–H and O–H groups in total. The van der Waals surface area contributed by atoms with E-state index in [4.69, 9.17) is 14.1 Å². The molecular formula is C33H42F3N5O2Si. The summed E-state index contributed by atoms with van der Waals surface area (Å²) in [6, 6.07) is 13.2. The van der Waals surface area contributed by atoms with Crippen molar-refractivity contribution < 1.29 is 22.3 Å². The van der Waals surface area contributed by atoms with Gasteiger partial charge in [-0.05, 0) is 79.9 Å². The molecule has 3 heterocycles. The molecule has 4 rings (SSSR count). The second kappa shape index (κ2) is 13.3. The molecule has 0 saturated carbocycles. The van der Waals surface area contributed by atoms with Crippen molar-refractivity contribution in [2.75, 3.05) is 37.7 Å². The van der Waals surface area contributed by atoms with Gasteiger partial charge in [0, 0.05) is 44.2 Å². The Bertz CT molecular complexity index is 1460. The molecule has 11 heteroatoms. The number of benzene rings is 1. The van der Waals surface area contributed by atoms with Crippen molar-refractivity contribution >= 4 is 14.0 Å². The van der Waals surface area contributed by atoms with Crippen LogP contribution in [-0.4, -0.2) is 51.1 Å². The molecule has 0 atom stereocenters. The molecule has 1 aliphatic rings. The first-order valence-electron chi connectivity index (χ1n) is 15.0. The normalized spacial score (nSPS) is 15.6. The number of hydrogen-bond acceptors (Lipinski definition) is 7. The minimum atomic E-state index is -4.50. The maximum atomic E-state index is 13.3. The minimum absolute atomic E-state index is 0.0237. The lowest BCUT2D eigenvalue weighted by molar-refractivity contribution is -0.137. The molecule has 3 aromatic rings. The average Bonchev–Trinajstić information content (AvgIpc) is 2.99. The standard InChI is InChI=1S/C33H42F3N5O2Si/c1-7-42-30-27(9-8-16-38-30)28-12-10-26(23-39-28)32(40-17-20-43-44(5,6)31(2,3)4)14-18-41(19-15-32)29-13-11-25(33(34,35)36)21-24(29)22-37/h8-13,16,21,23,40H,7,14-15,17-20H2,1-6H3. The second-order valence-electron chi connectivity index (χ2n) is 12.7. The van der Waals surface area contributed by atoms with Gasteiger partial charge < -0.3 is 19.4 Å². The monoisotopic (exact) mass is 625 g/mol. The fraction of sp³-hybridized carbons (Fsp3) is 0.485. The summed E-state index contributed by atoms with van der Waals surface area (Å²) in [4.78, 5) is 11.1. The van der Waals surface area contributed by atoms with Crippen molar-refractivity contribution in [2.45, 2.75) is 70.4 Å². The highest BCUT2D eigenvalue weighted by Crippen LogP contribution is 2.39. The molecule has 0 amide bonds. The number of halogens is 3. The largest absolute Gasteiger partial charge is 0.477 e. The van der Waals surface area contributed by atoms with Crippen LogP contribution in [0.25, 0.3) is 11.3 Å². The lowest BCUT2D eigenvalue weighted by Gasteiger charge is -2.44. The first kappa shape index (κ1) is 33.4. The van der Waals surface area contributed by atoms with Crippen LogP contribution in [0.2, 0.25) is 18.1 Å². The van der Waals surface area contributed by atoms with Gasteiger partial charge in [-0.15, -0.1) is 0 Å². The third-order valence-corrected chi connectivity index (χ3v) is 13.4. The predicted molar refractivity (Wildman–Crippen MR) is 169 cm³/mol. The van der Waals surface area contributed by atoms with Crippen LogP contribution < -0.4 is 15.0 Å². The van der Waals surface area contributed by atoms with Crippen LogP contribution in [0.15, 0.2) is 54.9 Å². The summed E-state index contributed by atoms with van der Waals surface area (Å²) in [5, 5.41) is 13.5. The third-order valence-electron chi connectivity index (χ3n) is 8.88. The lowest BCUT2D eigenvalue weighted by atomic mass is 9.81. The van der Waals surface area contributed by atoms with Crippen molar-refractivity contribution in [3.05, 3.63) is 71.5 Å². The minimum Gasteiger partial charge on any atom is -0.477 e. The van der Waals surface area contributed by atoms with Crippen molar-refractivity contribution in [3.63, 3.8) is 0 Å². The topological polar surface area (TPSA) is 83.3 Å². The van der Waals surface area contributed by atoms with Crippen LogP contribution in [0.4, 0.5) is 18.9 Å². The van der Waals surface area contributed by atoms with Gasteiger partial charge in [0.05, 0.1) is 34.7 Å². The SMILES string of the molecule is CCOc1ncccc1-c1ccc(C2(NCCO[Si](C)(C)C(C)(C)C)CCN(c3ccc(C(F)(F)F)cc3C#N)CC2)cn1. The van der Waals surface area contributed by atoms with Gasteiger partial charge in [-0.2, -0.15) is 18.4 Å². The number of alkyl halides is 3. The van der Waals surface area contributed by atoms with Crippen molar-refractivity contribution in [1.82, 2.24) is 15.3 Å². The maximum absolute atomic E-state index is 13.3. The molecular weight excluding hydrogens is 583 g/mol. The van der Waals surface area contributed by atoms with E-state index in [0.717, 1.165) is 29.0 Å². The molecule has 0 spiro atoms. The van der Waals surface area contributed by atoms with E-state index in [-0.39, 0.29) is 10.6 Å². The van der Waals surface area contributed by atoms with Gasteiger partial charge in [-0.25, -0.2) is 4.98 Å². The summed E-state index contributed by atoms with van der Waals surface area (Å²) in [7, 11) is -1.93. The van der Waals surface area contributed by atoms with E-state index in [1.165, 1.54) is 6.07 Å². The molecule has 0 bridgehead atoms. The molecule has 1 saturated heterocycles. The Morgan fingerprint density at radius 3 is 2.39 bits per heavy atom. The van der Waals surface area contributed by atoms with E-state index >= 15 is 0 Å². The fourth-order valence-corrected chi connectivity index (χ4v) is 6.31. The fourth-order valence-electron chi connectivity index (χ4n) is 5.26. The molecule has 1 aliphatic heterocycles. The van der Waals surface area contributed by atoms with E-state index in [1.807, 2.05) is 42.3 Å². The maximum Gasteiger partial charge on any atom is 0.416 e. The van der Waals surface area contributed by atoms with Crippen molar-refractivity contribution in [3.8, 4) is 23.2 Å². The molecule has 0 radical (unpaired) electrons. The summed E-state index contributed by atoms with van der Waals surface area (Å²) in [6.07, 6.45) is 0.397. The number of piperidine rings is 1. The van der Waals surface area contributed by atoms with E-state index in [1.54, 1.807) is 6.20 Å². The number of nitriles is 1. The van der Waals surface area contributed by atoms with Crippen LogP contribution in [0.3, 0.4) is 0 Å². The molecule has 1 fully saturated rings. The van der Waals surface area contributed by atoms with Gasteiger partial charge in [0.15, 0.2) is 8.32 Å². The predicted octanol–water partition coefficient (Wildman–Crippen LogP) is 7.54. The Kier molecular flexibility index (Phi) is 10.1. The summed E-state index contributed by atoms with van der Waals surface area (Å²) >= 11 is 0. The molecule has 44 heavy (non-hydrogen) atoms. The first-order valence-corrected chi connectivity index (χ1v) is 17.9. The zero-order valence-corrected chi connectivity index (χ0v) is 27.4. The second-order valence-corrected chi connectivity index (χ2v) is 17.5. The molecule has 236 valence electrons. The Balaban J connectivity index is 1.58. The van der Waals surface area contributed by atoms with Gasteiger partial charge >= 0.3 is 6.18 Å². The summed E-state index contributed by atoms with van der Waals surface area (Å²) in [5.41, 5.74) is 1.87. The quantitative estimate of drug-likeness (QED) is 0.184. The summed E-state index contributed by atoms with van der Waals surface area (Å²) in [5.74, 6) is 0.531. The number of nitrogens with one attached hydrogen (secondary N) is 1. The summed E-state index contributed by atoms with van der Waals surface area (Å²) in [6.45, 7) is 15.8. The Hall–Kier alpha value is -3.46. The Morgan fingerprint density at radius 2 is 1.80 bits per heavy atom. The van der Waals surface area contributed by atoms with E-state index in [0.29, 0.717) is 57.3 Å². The Labute approximate surface area is 259 Å². The van der Waals surface area contributed by atoms with Crippen LogP contribution in [-0.2, 0) is 16.1 Å². The van der Waals surface area contributed by atoms with E-state index < -0.39 is 25.6 Å². The van der Waals surface area contributed by atoms with E-state index in [9.17, 15) is 18.4 Å². The highest BCUT2D eigenvalue weighted by molar-refractivity contribution is 6.74. The van der Waals surface area contributed by atoms with Gasteiger partial charge in [-0.1, -0.05) is 26.8 Å².